The first-order chi connectivity index (χ1) is 18.1. The second kappa shape index (κ2) is 8.75. The van der Waals surface area contributed by atoms with E-state index in [-0.39, 0.29) is 23.5 Å². The number of hydrogen-bond donors (Lipinski definition) is 1. The highest BCUT2D eigenvalue weighted by molar-refractivity contribution is 5.98. The Labute approximate surface area is 221 Å². The van der Waals surface area contributed by atoms with E-state index < -0.39 is 17.9 Å². The quantitative estimate of drug-likeness (QED) is 0.470. The number of carbonyl (C=O) groups is 1. The van der Waals surface area contributed by atoms with Gasteiger partial charge in [-0.15, -0.1) is 0 Å². The third-order valence-corrected chi connectivity index (χ3v) is 8.52. The molecule has 1 atom stereocenters. The van der Waals surface area contributed by atoms with Gasteiger partial charge in [-0.3, -0.25) is 4.79 Å². The molecule has 3 aromatic rings. The van der Waals surface area contributed by atoms with E-state index in [1.54, 1.807) is 21.9 Å². The van der Waals surface area contributed by atoms with Crippen molar-refractivity contribution in [2.24, 2.45) is 10.8 Å². The SMILES string of the molecule is C=CC(=O)N1CC2(C[C@@H](C(F)F)N(c3nc4c(c(-c5cc(O)cc6ccccc56)n3)CCC(C)(C)C4)C2)C1. The molecule has 1 amide bonds. The number of phenols is 1. The number of alkyl halides is 2. The molecule has 1 N–H and O–H groups in total. The summed E-state index contributed by atoms with van der Waals surface area (Å²) in [5.74, 6) is 0.267. The van der Waals surface area contributed by atoms with Crippen LogP contribution >= 0.6 is 0 Å². The third kappa shape index (κ3) is 4.10. The molecule has 6 rings (SSSR count). The van der Waals surface area contributed by atoms with E-state index in [9.17, 15) is 18.7 Å². The summed E-state index contributed by atoms with van der Waals surface area (Å²) in [6, 6.07) is 10.2. The Kier molecular flexibility index (Phi) is 5.70. The van der Waals surface area contributed by atoms with Gasteiger partial charge in [0.1, 0.15) is 5.75 Å². The maximum absolute atomic E-state index is 14.4. The van der Waals surface area contributed by atoms with Crippen LogP contribution in [0, 0.1) is 10.8 Å². The fourth-order valence-electron chi connectivity index (χ4n) is 6.59. The molecule has 0 unspecified atom stereocenters. The van der Waals surface area contributed by atoms with Gasteiger partial charge in [0.2, 0.25) is 11.9 Å². The minimum atomic E-state index is -2.57. The first-order valence-corrected chi connectivity index (χ1v) is 13.2. The van der Waals surface area contributed by atoms with E-state index in [1.165, 1.54) is 6.08 Å². The predicted molar refractivity (Wildman–Crippen MR) is 143 cm³/mol. The monoisotopic (exact) mass is 518 g/mol. The topological polar surface area (TPSA) is 69.6 Å². The highest BCUT2D eigenvalue weighted by Crippen LogP contribution is 2.47. The number of aromatic nitrogens is 2. The van der Waals surface area contributed by atoms with Crippen molar-refractivity contribution in [3.63, 3.8) is 0 Å². The van der Waals surface area contributed by atoms with Gasteiger partial charge < -0.3 is 14.9 Å². The number of fused-ring (bicyclic) bond motifs is 2. The van der Waals surface area contributed by atoms with Crippen LogP contribution in [0.3, 0.4) is 0 Å². The number of benzene rings is 2. The van der Waals surface area contributed by atoms with Gasteiger partial charge in [-0.25, -0.2) is 18.7 Å². The van der Waals surface area contributed by atoms with Crippen LogP contribution in [0.4, 0.5) is 14.7 Å². The molecule has 2 saturated heterocycles. The average molecular weight is 519 g/mol. The molecule has 2 aromatic carbocycles. The largest absolute Gasteiger partial charge is 0.508 e. The molecule has 6 nitrogen and oxygen atoms in total. The van der Waals surface area contributed by atoms with Crippen LogP contribution in [0.15, 0.2) is 49.1 Å². The number of likely N-dealkylation sites (tertiary alicyclic amines) is 1. The van der Waals surface area contributed by atoms with E-state index in [0.29, 0.717) is 31.3 Å². The average Bonchev–Trinajstić information content (AvgIpc) is 3.27. The summed E-state index contributed by atoms with van der Waals surface area (Å²) in [4.78, 5) is 25.3. The normalized spacial score (nSPS) is 21.6. The molecule has 3 aliphatic rings. The number of nitrogens with zero attached hydrogens (tertiary/aromatic N) is 4. The summed E-state index contributed by atoms with van der Waals surface area (Å²) in [6.45, 7) is 9.17. The first kappa shape index (κ1) is 24.8. The summed E-state index contributed by atoms with van der Waals surface area (Å²) in [7, 11) is 0. The van der Waals surface area contributed by atoms with Crippen LogP contribution in [0.1, 0.15) is 37.9 Å². The lowest BCUT2D eigenvalue weighted by Gasteiger charge is -2.47. The van der Waals surface area contributed by atoms with Crippen molar-refractivity contribution in [3.8, 4) is 17.0 Å². The molecule has 0 saturated carbocycles. The molecule has 198 valence electrons. The Balaban J connectivity index is 1.48. The van der Waals surface area contributed by atoms with Gasteiger partial charge in [0.25, 0.3) is 6.43 Å². The second-order valence-corrected chi connectivity index (χ2v) is 12.0. The van der Waals surface area contributed by atoms with Gasteiger partial charge in [0.05, 0.1) is 17.4 Å². The van der Waals surface area contributed by atoms with Gasteiger partial charge in [0.15, 0.2) is 0 Å². The summed E-state index contributed by atoms with van der Waals surface area (Å²) < 4.78 is 28.8. The highest BCUT2D eigenvalue weighted by atomic mass is 19.3. The predicted octanol–water partition coefficient (Wildman–Crippen LogP) is 5.38. The van der Waals surface area contributed by atoms with E-state index >= 15 is 0 Å². The number of amides is 1. The molecular formula is C30H32F2N4O2. The molecule has 38 heavy (non-hydrogen) atoms. The first-order valence-electron chi connectivity index (χ1n) is 13.2. The molecule has 1 aromatic heterocycles. The summed E-state index contributed by atoms with van der Waals surface area (Å²) in [5.41, 5.74) is 3.03. The Bertz CT molecular complexity index is 1450. The molecule has 2 fully saturated rings. The second-order valence-electron chi connectivity index (χ2n) is 12.0. The molecule has 0 bridgehead atoms. The number of hydrogen-bond acceptors (Lipinski definition) is 5. The van der Waals surface area contributed by atoms with Crippen LogP contribution in [0.5, 0.6) is 5.75 Å². The number of carbonyl (C=O) groups excluding carboxylic acids is 1. The lowest BCUT2D eigenvalue weighted by Crippen LogP contribution is -2.59. The van der Waals surface area contributed by atoms with E-state index in [0.717, 1.165) is 46.9 Å². The lowest BCUT2D eigenvalue weighted by molar-refractivity contribution is -0.136. The van der Waals surface area contributed by atoms with Crippen LogP contribution in [0.25, 0.3) is 22.0 Å². The number of aromatic hydroxyl groups is 1. The Morgan fingerprint density at radius 2 is 1.95 bits per heavy atom. The van der Waals surface area contributed by atoms with Crippen molar-refractivity contribution in [1.29, 1.82) is 0 Å². The summed E-state index contributed by atoms with van der Waals surface area (Å²) in [6.07, 6.45) is 1.45. The minimum Gasteiger partial charge on any atom is -0.508 e. The maximum atomic E-state index is 14.4. The highest BCUT2D eigenvalue weighted by Gasteiger charge is 2.55. The number of phenolic OH excluding ortho intramolecular Hbond substituents is 1. The van der Waals surface area contributed by atoms with Gasteiger partial charge in [-0.2, -0.15) is 0 Å². The minimum absolute atomic E-state index is 0.0324. The van der Waals surface area contributed by atoms with Crippen LogP contribution in [-0.4, -0.2) is 58.0 Å². The van der Waals surface area contributed by atoms with Crippen LogP contribution in [-0.2, 0) is 17.6 Å². The molecular weight excluding hydrogens is 486 g/mol. The molecule has 1 spiro atoms. The number of halogens is 2. The molecule has 2 aliphatic heterocycles. The van der Waals surface area contributed by atoms with Crippen molar-refractivity contribution in [2.75, 3.05) is 24.5 Å². The van der Waals surface area contributed by atoms with Crippen molar-refractivity contribution < 1.29 is 18.7 Å². The zero-order chi connectivity index (χ0) is 26.8. The van der Waals surface area contributed by atoms with Crippen LogP contribution in [0.2, 0.25) is 0 Å². The van der Waals surface area contributed by atoms with Gasteiger partial charge >= 0.3 is 0 Å². The zero-order valence-corrected chi connectivity index (χ0v) is 21.8. The number of rotatable bonds is 4. The fourth-order valence-corrected chi connectivity index (χ4v) is 6.59. The zero-order valence-electron chi connectivity index (χ0n) is 21.8. The Morgan fingerprint density at radius 1 is 1.18 bits per heavy atom. The molecule has 0 radical (unpaired) electrons. The molecule has 8 heteroatoms. The number of anilines is 1. The Morgan fingerprint density at radius 3 is 2.68 bits per heavy atom. The standard InChI is InChI=1S/C30H32F2N4O2/c1-4-25(38)35-15-30(16-35)14-24(27(31)32)36(17-30)28-33-23-13-29(2,3)10-9-21(23)26(34-28)22-12-19(37)11-18-7-5-6-8-20(18)22/h4-8,11-12,24,27,37H,1,9-10,13-17H2,2-3H3/t24-/m0/s1. The molecule has 3 heterocycles. The van der Waals surface area contributed by atoms with E-state index in [1.807, 2.05) is 24.3 Å². The molecule has 1 aliphatic carbocycles. The smallest absolute Gasteiger partial charge is 0.258 e. The lowest BCUT2D eigenvalue weighted by atomic mass is 9.75. The van der Waals surface area contributed by atoms with Gasteiger partial charge in [0, 0.05) is 36.2 Å². The summed E-state index contributed by atoms with van der Waals surface area (Å²) >= 11 is 0. The third-order valence-electron chi connectivity index (χ3n) is 8.52. The van der Waals surface area contributed by atoms with Crippen molar-refractivity contribution in [3.05, 3.63) is 60.3 Å². The van der Waals surface area contributed by atoms with Crippen molar-refractivity contribution in [1.82, 2.24) is 14.9 Å². The van der Waals surface area contributed by atoms with Crippen LogP contribution < -0.4 is 4.90 Å². The van der Waals surface area contributed by atoms with Gasteiger partial charge in [-0.05, 0) is 60.1 Å². The van der Waals surface area contributed by atoms with Crippen molar-refractivity contribution in [2.45, 2.75) is 52.0 Å². The summed E-state index contributed by atoms with van der Waals surface area (Å²) in [5, 5.41) is 12.4. The Hall–Kier alpha value is -3.55. The van der Waals surface area contributed by atoms with Crippen molar-refractivity contribution >= 4 is 22.6 Å². The van der Waals surface area contributed by atoms with E-state index in [4.69, 9.17) is 9.97 Å². The van der Waals surface area contributed by atoms with Gasteiger partial charge in [-0.1, -0.05) is 44.7 Å². The fraction of sp³-hybridized carbons (Fsp3) is 0.433. The van der Waals surface area contributed by atoms with E-state index in [2.05, 4.69) is 20.4 Å². The maximum Gasteiger partial charge on any atom is 0.258 e.